The number of carbonyl (C=O) groups excluding carboxylic acids is 1. The Bertz CT molecular complexity index is 1310. The van der Waals surface area contributed by atoms with E-state index in [1.54, 1.807) is 17.5 Å². The summed E-state index contributed by atoms with van der Waals surface area (Å²) >= 11 is 2.68. The predicted octanol–water partition coefficient (Wildman–Crippen LogP) is 3.79. The van der Waals surface area contributed by atoms with Gasteiger partial charge < -0.3 is 5.32 Å². The van der Waals surface area contributed by atoms with Gasteiger partial charge in [0.25, 0.3) is 10.0 Å². The molecule has 1 aliphatic heterocycles. The van der Waals surface area contributed by atoms with Gasteiger partial charge in [0, 0.05) is 6.54 Å². The zero-order valence-electron chi connectivity index (χ0n) is 16.4. The fraction of sp³-hybridized carbons (Fsp3) is 0.182. The molecular formula is C22H19N3O3S3. The number of carbonyl (C=O) groups is 1. The van der Waals surface area contributed by atoms with Gasteiger partial charge in [-0.25, -0.2) is 13.4 Å². The number of thiazole rings is 1. The maximum Gasteiger partial charge on any atom is 0.253 e. The first-order valence-electron chi connectivity index (χ1n) is 9.77. The lowest BCUT2D eigenvalue weighted by atomic mass is 9.95. The van der Waals surface area contributed by atoms with E-state index in [2.05, 4.69) is 10.3 Å². The van der Waals surface area contributed by atoms with E-state index in [1.165, 1.54) is 15.6 Å². The van der Waals surface area contributed by atoms with Crippen molar-refractivity contribution >= 4 is 48.8 Å². The molecule has 1 aliphatic rings. The zero-order valence-corrected chi connectivity index (χ0v) is 18.8. The Hall–Kier alpha value is -2.59. The number of fused-ring (bicyclic) bond motifs is 2. The van der Waals surface area contributed by atoms with Crippen molar-refractivity contribution in [3.63, 3.8) is 0 Å². The summed E-state index contributed by atoms with van der Waals surface area (Å²) in [6.45, 7) is 0.443. The Morgan fingerprint density at radius 2 is 1.84 bits per heavy atom. The molecule has 0 spiro atoms. The van der Waals surface area contributed by atoms with Crippen molar-refractivity contribution in [2.24, 2.45) is 0 Å². The highest BCUT2D eigenvalue weighted by molar-refractivity contribution is 7.91. The molecule has 6 nitrogen and oxygen atoms in total. The quantitative estimate of drug-likeness (QED) is 0.482. The van der Waals surface area contributed by atoms with Gasteiger partial charge in [-0.15, -0.1) is 22.7 Å². The summed E-state index contributed by atoms with van der Waals surface area (Å²) in [4.78, 5) is 17.7. The van der Waals surface area contributed by atoms with Crippen molar-refractivity contribution < 1.29 is 13.2 Å². The highest BCUT2D eigenvalue weighted by atomic mass is 32.2. The lowest BCUT2D eigenvalue weighted by Gasteiger charge is -2.34. The number of benzene rings is 2. The molecule has 158 valence electrons. The minimum Gasteiger partial charge on any atom is -0.348 e. The van der Waals surface area contributed by atoms with Crippen LogP contribution >= 0.6 is 22.7 Å². The third-order valence-corrected chi connectivity index (χ3v) is 9.58. The average Bonchev–Trinajstić information content (AvgIpc) is 3.46. The molecule has 0 saturated carbocycles. The fourth-order valence-corrected chi connectivity index (χ4v) is 7.37. The number of amides is 1. The number of hydrogen-bond acceptors (Lipinski definition) is 6. The van der Waals surface area contributed by atoms with Crippen molar-refractivity contribution in [2.75, 3.05) is 0 Å². The van der Waals surface area contributed by atoms with Gasteiger partial charge in [-0.2, -0.15) is 4.31 Å². The van der Waals surface area contributed by atoms with E-state index in [4.69, 9.17) is 0 Å². The van der Waals surface area contributed by atoms with Gasteiger partial charge in [-0.1, -0.05) is 42.5 Å². The van der Waals surface area contributed by atoms with Crippen LogP contribution in [0.4, 0.5) is 0 Å². The van der Waals surface area contributed by atoms with E-state index < -0.39 is 16.1 Å². The number of hydrogen-bond donors (Lipinski definition) is 1. The summed E-state index contributed by atoms with van der Waals surface area (Å²) in [5.41, 5.74) is 2.82. The largest absolute Gasteiger partial charge is 0.348 e. The smallest absolute Gasteiger partial charge is 0.253 e. The first kappa shape index (κ1) is 20.3. The predicted molar refractivity (Wildman–Crippen MR) is 122 cm³/mol. The Labute approximate surface area is 188 Å². The number of thiophene rings is 1. The van der Waals surface area contributed by atoms with Gasteiger partial charge >= 0.3 is 0 Å². The van der Waals surface area contributed by atoms with Crippen LogP contribution in [0.25, 0.3) is 10.2 Å². The summed E-state index contributed by atoms with van der Waals surface area (Å²) in [5, 5.41) is 5.43. The second-order valence-corrected chi connectivity index (χ2v) is 11.4. The van der Waals surface area contributed by atoms with Crippen LogP contribution in [-0.2, 0) is 34.3 Å². The van der Waals surface area contributed by atoms with E-state index in [9.17, 15) is 13.2 Å². The molecule has 31 heavy (non-hydrogen) atoms. The molecule has 0 fully saturated rings. The minimum atomic E-state index is -3.78. The van der Waals surface area contributed by atoms with Crippen molar-refractivity contribution in [1.82, 2.24) is 14.6 Å². The first-order chi connectivity index (χ1) is 15.0. The highest BCUT2D eigenvalue weighted by Gasteiger charge is 2.39. The summed E-state index contributed by atoms with van der Waals surface area (Å²) in [7, 11) is -3.78. The SMILES string of the molecule is O=C(NCc1nc2ccccc2s1)C1Cc2ccccc2CN1S(=O)(=O)c1cccs1. The van der Waals surface area contributed by atoms with Crippen LogP contribution in [0.3, 0.4) is 0 Å². The molecule has 0 saturated heterocycles. The highest BCUT2D eigenvalue weighted by Crippen LogP contribution is 2.31. The summed E-state index contributed by atoms with van der Waals surface area (Å²) in [6.07, 6.45) is 0.340. The molecule has 0 aliphatic carbocycles. The number of nitrogens with zero attached hydrogens (tertiary/aromatic N) is 2. The molecule has 4 aromatic rings. The Morgan fingerprint density at radius 3 is 2.61 bits per heavy atom. The van der Waals surface area contributed by atoms with E-state index in [-0.39, 0.29) is 23.2 Å². The van der Waals surface area contributed by atoms with Gasteiger partial charge in [0.1, 0.15) is 15.3 Å². The lowest BCUT2D eigenvalue weighted by Crippen LogP contribution is -2.52. The topological polar surface area (TPSA) is 79.4 Å². The van der Waals surface area contributed by atoms with Crippen molar-refractivity contribution in [3.8, 4) is 0 Å². The molecule has 0 radical (unpaired) electrons. The Morgan fingerprint density at radius 1 is 1.06 bits per heavy atom. The van der Waals surface area contributed by atoms with Gasteiger partial charge in [0.05, 0.1) is 16.8 Å². The van der Waals surface area contributed by atoms with E-state index >= 15 is 0 Å². The van der Waals surface area contributed by atoms with Crippen LogP contribution in [0, 0.1) is 0 Å². The standard InChI is InChI=1S/C22H19N3O3S3/c26-22(23-13-20-24-17-8-3-4-9-19(17)30-20)18-12-15-6-1-2-7-16(15)14-25(18)31(27,28)21-10-5-11-29-21/h1-11,18H,12-14H2,(H,23,26). The van der Waals surface area contributed by atoms with Crippen LogP contribution < -0.4 is 5.32 Å². The monoisotopic (exact) mass is 469 g/mol. The average molecular weight is 470 g/mol. The molecule has 3 heterocycles. The number of rotatable bonds is 5. The van der Waals surface area contributed by atoms with Gasteiger partial charge in [-0.05, 0) is 41.1 Å². The van der Waals surface area contributed by atoms with Crippen molar-refractivity contribution in [3.05, 3.63) is 82.2 Å². The van der Waals surface area contributed by atoms with Crippen LogP contribution in [0.1, 0.15) is 16.1 Å². The second kappa shape index (κ2) is 8.16. The van der Waals surface area contributed by atoms with E-state index in [0.717, 1.165) is 37.7 Å². The van der Waals surface area contributed by atoms with Crippen LogP contribution in [0.5, 0.6) is 0 Å². The number of sulfonamides is 1. The second-order valence-electron chi connectivity index (χ2n) is 7.26. The third-order valence-electron chi connectivity index (χ3n) is 5.32. The number of para-hydroxylation sites is 1. The Balaban J connectivity index is 1.42. The molecule has 9 heteroatoms. The van der Waals surface area contributed by atoms with E-state index in [0.29, 0.717) is 6.42 Å². The minimum absolute atomic E-state index is 0.176. The summed E-state index contributed by atoms with van der Waals surface area (Å²) in [6, 6.07) is 18.0. The maximum atomic E-state index is 13.3. The number of nitrogens with one attached hydrogen (secondary N) is 1. The molecule has 1 unspecified atom stereocenters. The summed E-state index contributed by atoms with van der Waals surface area (Å²) < 4.78 is 29.3. The molecular weight excluding hydrogens is 450 g/mol. The lowest BCUT2D eigenvalue weighted by molar-refractivity contribution is -0.125. The summed E-state index contributed by atoms with van der Waals surface area (Å²) in [5.74, 6) is -0.311. The van der Waals surface area contributed by atoms with E-state index in [1.807, 2.05) is 48.5 Å². The van der Waals surface area contributed by atoms with Crippen molar-refractivity contribution in [2.45, 2.75) is 29.8 Å². The van der Waals surface area contributed by atoms with Crippen LogP contribution in [0.15, 0.2) is 70.3 Å². The van der Waals surface area contributed by atoms with Gasteiger partial charge in [0.15, 0.2) is 0 Å². The fourth-order valence-electron chi connectivity index (χ4n) is 3.78. The first-order valence-corrected chi connectivity index (χ1v) is 12.9. The molecule has 0 bridgehead atoms. The van der Waals surface area contributed by atoms with Crippen molar-refractivity contribution in [1.29, 1.82) is 0 Å². The molecule has 1 N–H and O–H groups in total. The Kier molecular flexibility index (Phi) is 5.35. The molecule has 2 aromatic heterocycles. The maximum absolute atomic E-state index is 13.3. The van der Waals surface area contributed by atoms with Gasteiger partial charge in [-0.3, -0.25) is 4.79 Å². The van der Waals surface area contributed by atoms with Gasteiger partial charge in [0.2, 0.25) is 5.91 Å². The third kappa shape index (κ3) is 3.89. The number of aromatic nitrogens is 1. The normalized spacial score (nSPS) is 16.8. The molecule has 1 atom stereocenters. The van der Waals surface area contributed by atoms with Crippen LogP contribution in [-0.4, -0.2) is 29.7 Å². The molecule has 1 amide bonds. The molecule has 5 rings (SSSR count). The van der Waals surface area contributed by atoms with Crippen LogP contribution in [0.2, 0.25) is 0 Å². The zero-order chi connectivity index (χ0) is 21.4. The molecule has 2 aromatic carbocycles.